The summed E-state index contributed by atoms with van der Waals surface area (Å²) in [7, 11) is 0. The van der Waals surface area contributed by atoms with Crippen molar-refractivity contribution >= 4 is 0 Å². The summed E-state index contributed by atoms with van der Waals surface area (Å²) in [6.07, 6.45) is 25.8. The van der Waals surface area contributed by atoms with Gasteiger partial charge in [-0.3, -0.25) is 0 Å². The maximum absolute atomic E-state index is 3.89. The third-order valence-corrected chi connectivity index (χ3v) is 4.35. The summed E-state index contributed by atoms with van der Waals surface area (Å²) in [6.45, 7) is 6.19. The number of unbranched alkanes of at least 4 members (excludes halogenated alkanes) is 17. The van der Waals surface area contributed by atoms with Crippen molar-refractivity contribution in [1.29, 1.82) is 0 Å². The molecular weight excluding hydrogens is 386 g/mol. The molecule has 0 heterocycles. The first-order chi connectivity index (χ1) is 9.91. The van der Waals surface area contributed by atoms with Crippen molar-refractivity contribution in [2.24, 2.45) is 0 Å². The van der Waals surface area contributed by atoms with Gasteiger partial charge >= 0.3 is 19.5 Å². The van der Waals surface area contributed by atoms with E-state index in [-0.39, 0.29) is 36.5 Å². The maximum atomic E-state index is 3.89. The third kappa shape index (κ3) is 26.0. The largest absolute Gasteiger partial charge is 2.00 e. The van der Waals surface area contributed by atoms with Crippen molar-refractivity contribution in [3.05, 3.63) is 6.92 Å². The van der Waals surface area contributed by atoms with Gasteiger partial charge in [0.25, 0.3) is 0 Å². The summed E-state index contributed by atoms with van der Waals surface area (Å²) in [5.74, 6) is 0. The van der Waals surface area contributed by atoms with E-state index in [0.29, 0.717) is 0 Å². The number of hydrogen-bond acceptors (Lipinski definition) is 0. The molecule has 22 heavy (non-hydrogen) atoms. The minimum Gasteiger partial charge on any atom is -1.00 e. The zero-order valence-corrected chi connectivity index (χ0v) is 20.1. The first-order valence-electron chi connectivity index (χ1n) is 9.71. The summed E-state index contributed by atoms with van der Waals surface area (Å²) in [6, 6.07) is 0. The van der Waals surface area contributed by atoms with Gasteiger partial charge < -0.3 is 23.9 Å². The van der Waals surface area contributed by atoms with Crippen LogP contribution in [0.15, 0.2) is 0 Å². The summed E-state index contributed by atoms with van der Waals surface area (Å²) < 4.78 is 0. The fraction of sp³-hybridized carbons (Fsp3) is 0.950. The molecule has 0 bridgehead atoms. The van der Waals surface area contributed by atoms with Crippen LogP contribution in [-0.4, -0.2) is 0 Å². The predicted octanol–water partition coefficient (Wildman–Crippen LogP) is 4.86. The van der Waals surface area contributed by atoms with Crippen LogP contribution in [-0.2, 0) is 19.5 Å². The third-order valence-electron chi connectivity index (χ3n) is 4.35. The molecule has 0 nitrogen and oxygen atoms in total. The normalized spacial score (nSPS) is 10.1. The number of halogens is 1. The van der Waals surface area contributed by atoms with E-state index in [4.69, 9.17) is 0 Å². The topological polar surface area (TPSA) is 0 Å². The van der Waals surface area contributed by atoms with Gasteiger partial charge in [-0.25, -0.2) is 0 Å². The Labute approximate surface area is 165 Å². The Kier molecular flexibility index (Phi) is 34.2. The van der Waals surface area contributed by atoms with Gasteiger partial charge in [-0.05, 0) is 0 Å². The molecule has 0 spiro atoms. The quantitative estimate of drug-likeness (QED) is 0.177. The molecule has 130 valence electrons. The molecule has 0 rings (SSSR count). The van der Waals surface area contributed by atoms with Gasteiger partial charge in [-0.1, -0.05) is 116 Å². The molecule has 0 N–H and O–H groups in total. The van der Waals surface area contributed by atoms with E-state index >= 15 is 0 Å². The molecule has 0 amide bonds. The minimum atomic E-state index is 0. The van der Waals surface area contributed by atoms with Gasteiger partial charge in [0, 0.05) is 0 Å². The Bertz CT molecular complexity index is 144. The SMILES string of the molecule is [Br-].[CH2-]CCCCCCCCCCCCCCCCCCC.[Zn+2]. The molecule has 0 radical (unpaired) electrons. The van der Waals surface area contributed by atoms with E-state index in [1.807, 2.05) is 0 Å². The van der Waals surface area contributed by atoms with Gasteiger partial charge in [-0.2, -0.15) is 6.42 Å². The zero-order valence-electron chi connectivity index (χ0n) is 15.5. The second-order valence-electron chi connectivity index (χ2n) is 6.51. The van der Waals surface area contributed by atoms with Crippen LogP contribution in [0.1, 0.15) is 122 Å². The monoisotopic (exact) mass is 424 g/mol. The zero-order chi connectivity index (χ0) is 14.7. The van der Waals surface area contributed by atoms with E-state index in [1.165, 1.54) is 109 Å². The van der Waals surface area contributed by atoms with Crippen LogP contribution >= 0.6 is 0 Å². The summed E-state index contributed by atoms with van der Waals surface area (Å²) in [5, 5.41) is 0. The Morgan fingerprint density at radius 2 is 0.682 bits per heavy atom. The Morgan fingerprint density at radius 3 is 0.909 bits per heavy atom. The van der Waals surface area contributed by atoms with Gasteiger partial charge in [0.2, 0.25) is 0 Å². The van der Waals surface area contributed by atoms with Crippen molar-refractivity contribution in [1.82, 2.24) is 0 Å². The van der Waals surface area contributed by atoms with Crippen molar-refractivity contribution in [2.75, 3.05) is 0 Å². The average Bonchev–Trinajstić information content (AvgIpc) is 2.47. The second-order valence-corrected chi connectivity index (χ2v) is 6.51. The number of rotatable bonds is 17. The molecule has 0 unspecified atom stereocenters. The minimum absolute atomic E-state index is 0. The number of hydrogen-bond donors (Lipinski definition) is 0. The summed E-state index contributed by atoms with van der Waals surface area (Å²) >= 11 is 0. The van der Waals surface area contributed by atoms with Crippen LogP contribution in [0.25, 0.3) is 0 Å². The average molecular weight is 427 g/mol. The molecule has 0 aromatic heterocycles. The van der Waals surface area contributed by atoms with Crippen LogP contribution in [0, 0.1) is 6.92 Å². The fourth-order valence-electron chi connectivity index (χ4n) is 2.90. The van der Waals surface area contributed by atoms with Crippen LogP contribution in [0.3, 0.4) is 0 Å². The molecular formula is C20H41BrZn. The fourth-order valence-corrected chi connectivity index (χ4v) is 2.90. The van der Waals surface area contributed by atoms with E-state index in [2.05, 4.69) is 13.8 Å². The van der Waals surface area contributed by atoms with Crippen LogP contribution in [0.5, 0.6) is 0 Å². The van der Waals surface area contributed by atoms with Crippen molar-refractivity contribution in [3.63, 3.8) is 0 Å². The Balaban J connectivity index is -0.00000180. The van der Waals surface area contributed by atoms with Crippen molar-refractivity contribution in [2.45, 2.75) is 122 Å². The smallest absolute Gasteiger partial charge is 1.00 e. The van der Waals surface area contributed by atoms with Crippen molar-refractivity contribution in [3.8, 4) is 0 Å². The first kappa shape index (κ1) is 27.9. The van der Waals surface area contributed by atoms with Crippen LogP contribution < -0.4 is 17.0 Å². The Morgan fingerprint density at radius 1 is 0.455 bits per heavy atom. The Hall–Kier alpha value is 1.10. The molecule has 2 heteroatoms. The molecule has 0 aromatic rings. The molecule has 0 aromatic carbocycles. The van der Waals surface area contributed by atoms with Gasteiger partial charge in [0.15, 0.2) is 0 Å². The maximum Gasteiger partial charge on any atom is 2.00 e. The van der Waals surface area contributed by atoms with Gasteiger partial charge in [-0.15, -0.1) is 0 Å². The molecule has 0 aliphatic rings. The molecule has 0 atom stereocenters. The van der Waals surface area contributed by atoms with Crippen LogP contribution in [0.4, 0.5) is 0 Å². The van der Waals surface area contributed by atoms with Crippen molar-refractivity contribution < 1.29 is 36.5 Å². The van der Waals surface area contributed by atoms with E-state index < -0.39 is 0 Å². The predicted molar refractivity (Wildman–Crippen MR) is 94.1 cm³/mol. The standard InChI is InChI=1S/C20H41.BrH.Zn/c1-3-5-7-9-11-13-15-17-19-20-18-16-14-12-10-8-6-4-2;;/h1,3-20H2,2H3;1H;/q-1;;+2/p-1. The molecule has 0 aliphatic carbocycles. The van der Waals surface area contributed by atoms with E-state index in [0.717, 1.165) is 6.42 Å². The first-order valence-corrected chi connectivity index (χ1v) is 9.71. The van der Waals surface area contributed by atoms with Crippen LogP contribution in [0.2, 0.25) is 0 Å². The van der Waals surface area contributed by atoms with Gasteiger partial charge in [0.05, 0.1) is 0 Å². The van der Waals surface area contributed by atoms with E-state index in [9.17, 15) is 0 Å². The molecule has 0 saturated heterocycles. The molecule has 0 saturated carbocycles. The second kappa shape index (κ2) is 27.0. The van der Waals surface area contributed by atoms with Gasteiger partial charge in [0.1, 0.15) is 0 Å². The summed E-state index contributed by atoms with van der Waals surface area (Å²) in [4.78, 5) is 0. The van der Waals surface area contributed by atoms with E-state index in [1.54, 1.807) is 0 Å². The molecule has 0 aliphatic heterocycles. The molecule has 0 fully saturated rings. The summed E-state index contributed by atoms with van der Waals surface area (Å²) in [5.41, 5.74) is 0.